The van der Waals surface area contributed by atoms with Gasteiger partial charge in [0.05, 0.1) is 0 Å². The summed E-state index contributed by atoms with van der Waals surface area (Å²) >= 11 is 0. The van der Waals surface area contributed by atoms with Crippen LogP contribution in [0.2, 0.25) is 0 Å². The van der Waals surface area contributed by atoms with Crippen LogP contribution in [0.15, 0.2) is 0 Å². The first-order valence-electron chi connectivity index (χ1n) is 7.13. The second-order valence-corrected chi connectivity index (χ2v) is 6.25. The van der Waals surface area contributed by atoms with E-state index < -0.39 is 0 Å². The fourth-order valence-electron chi connectivity index (χ4n) is 2.44. The molecule has 1 aliphatic heterocycles. The Balaban J connectivity index is 2.31. The van der Waals surface area contributed by atoms with E-state index in [1.165, 1.54) is 25.8 Å². The van der Waals surface area contributed by atoms with Gasteiger partial charge in [-0.25, -0.2) is 0 Å². The van der Waals surface area contributed by atoms with Gasteiger partial charge < -0.3 is 10.4 Å². The summed E-state index contributed by atoms with van der Waals surface area (Å²) in [4.78, 5) is 2.61. The molecule has 0 aromatic heterocycles. The third-order valence-electron chi connectivity index (χ3n) is 3.47. The molecule has 102 valence electrons. The molecule has 0 aliphatic carbocycles. The molecule has 0 bridgehead atoms. The molecule has 3 nitrogen and oxygen atoms in total. The highest BCUT2D eigenvalue weighted by Crippen LogP contribution is 2.17. The molecular weight excluding hydrogens is 212 g/mol. The monoisotopic (exact) mass is 242 g/mol. The Morgan fingerprint density at radius 2 is 2.00 bits per heavy atom. The third-order valence-corrected chi connectivity index (χ3v) is 3.47. The second kappa shape index (κ2) is 7.34. The number of aliphatic hydroxyl groups is 1. The first-order valence-corrected chi connectivity index (χ1v) is 7.13. The van der Waals surface area contributed by atoms with Gasteiger partial charge in [0, 0.05) is 24.7 Å². The Hall–Kier alpha value is -0.120. The quantitative estimate of drug-likeness (QED) is 0.699. The minimum Gasteiger partial charge on any atom is -0.396 e. The standard InChI is InChI=1S/C14H30N2O/c1-14(2,3)15-12-13-8-4-5-9-16(13)10-6-7-11-17/h13,15,17H,4-12H2,1-3H3. The zero-order valence-electron chi connectivity index (χ0n) is 11.8. The summed E-state index contributed by atoms with van der Waals surface area (Å²) in [5.74, 6) is 0. The van der Waals surface area contributed by atoms with Gasteiger partial charge in [-0.1, -0.05) is 6.42 Å². The molecule has 1 rings (SSSR count). The van der Waals surface area contributed by atoms with Crippen LogP contribution in [0.5, 0.6) is 0 Å². The molecule has 0 amide bonds. The molecule has 1 saturated heterocycles. The van der Waals surface area contributed by atoms with Crippen molar-refractivity contribution in [3.05, 3.63) is 0 Å². The van der Waals surface area contributed by atoms with E-state index in [-0.39, 0.29) is 5.54 Å². The van der Waals surface area contributed by atoms with Gasteiger partial charge in [-0.15, -0.1) is 0 Å². The van der Waals surface area contributed by atoms with E-state index in [0.717, 1.165) is 25.9 Å². The summed E-state index contributed by atoms with van der Waals surface area (Å²) in [6.45, 7) is 10.5. The van der Waals surface area contributed by atoms with Crippen molar-refractivity contribution in [3.63, 3.8) is 0 Å². The Morgan fingerprint density at radius 1 is 1.24 bits per heavy atom. The summed E-state index contributed by atoms with van der Waals surface area (Å²) in [7, 11) is 0. The van der Waals surface area contributed by atoms with Crippen LogP contribution in [-0.4, -0.2) is 47.8 Å². The molecule has 2 N–H and O–H groups in total. The van der Waals surface area contributed by atoms with E-state index >= 15 is 0 Å². The molecule has 1 aliphatic rings. The van der Waals surface area contributed by atoms with Gasteiger partial charge in [-0.3, -0.25) is 4.90 Å². The summed E-state index contributed by atoms with van der Waals surface area (Å²) in [5, 5.41) is 12.5. The van der Waals surface area contributed by atoms with Gasteiger partial charge in [-0.2, -0.15) is 0 Å². The highest BCUT2D eigenvalue weighted by atomic mass is 16.2. The van der Waals surface area contributed by atoms with Crippen molar-refractivity contribution in [2.24, 2.45) is 0 Å². The highest BCUT2D eigenvalue weighted by molar-refractivity contribution is 4.82. The predicted octanol–water partition coefficient (Wildman–Crippen LogP) is 2.00. The molecule has 1 fully saturated rings. The number of nitrogens with one attached hydrogen (secondary N) is 1. The van der Waals surface area contributed by atoms with Crippen molar-refractivity contribution >= 4 is 0 Å². The van der Waals surface area contributed by atoms with Crippen LogP contribution in [0.4, 0.5) is 0 Å². The molecule has 0 saturated carbocycles. The average molecular weight is 242 g/mol. The molecule has 0 spiro atoms. The van der Waals surface area contributed by atoms with Crippen LogP contribution in [0.3, 0.4) is 0 Å². The van der Waals surface area contributed by atoms with Crippen LogP contribution in [0.1, 0.15) is 52.9 Å². The lowest BCUT2D eigenvalue weighted by Gasteiger charge is -2.37. The summed E-state index contributed by atoms with van der Waals surface area (Å²) in [5.41, 5.74) is 0.216. The van der Waals surface area contributed by atoms with Gasteiger partial charge in [-0.05, 0) is 59.5 Å². The normalized spacial score (nSPS) is 22.9. The number of piperidine rings is 1. The number of unbranched alkanes of at least 4 members (excludes halogenated alkanes) is 1. The summed E-state index contributed by atoms with van der Waals surface area (Å²) < 4.78 is 0. The lowest BCUT2D eigenvalue weighted by atomic mass is 10.00. The molecular formula is C14H30N2O. The summed E-state index contributed by atoms with van der Waals surface area (Å²) in [6.07, 6.45) is 6.10. The van der Waals surface area contributed by atoms with Crippen LogP contribution in [0.25, 0.3) is 0 Å². The molecule has 1 unspecified atom stereocenters. The van der Waals surface area contributed by atoms with Crippen molar-refractivity contribution in [3.8, 4) is 0 Å². The second-order valence-electron chi connectivity index (χ2n) is 6.25. The van der Waals surface area contributed by atoms with Gasteiger partial charge in [0.2, 0.25) is 0 Å². The number of hydrogen-bond acceptors (Lipinski definition) is 3. The van der Waals surface area contributed by atoms with Crippen LogP contribution >= 0.6 is 0 Å². The first-order chi connectivity index (χ1) is 8.03. The largest absolute Gasteiger partial charge is 0.396 e. The van der Waals surface area contributed by atoms with E-state index in [1.807, 2.05) is 0 Å². The Bertz CT molecular complexity index is 201. The van der Waals surface area contributed by atoms with E-state index in [1.54, 1.807) is 0 Å². The lowest BCUT2D eigenvalue weighted by molar-refractivity contribution is 0.133. The van der Waals surface area contributed by atoms with Crippen LogP contribution in [-0.2, 0) is 0 Å². The topological polar surface area (TPSA) is 35.5 Å². The molecule has 0 aromatic carbocycles. The number of aliphatic hydroxyl groups excluding tert-OH is 1. The lowest BCUT2D eigenvalue weighted by Crippen LogP contribution is -2.49. The van der Waals surface area contributed by atoms with Crippen LogP contribution < -0.4 is 5.32 Å². The Kier molecular flexibility index (Phi) is 6.45. The number of hydrogen-bond donors (Lipinski definition) is 2. The predicted molar refractivity (Wildman–Crippen MR) is 73.3 cm³/mol. The van der Waals surface area contributed by atoms with E-state index in [0.29, 0.717) is 12.6 Å². The minimum atomic E-state index is 0.216. The number of rotatable bonds is 6. The molecule has 3 heteroatoms. The fraction of sp³-hybridized carbons (Fsp3) is 1.00. The van der Waals surface area contributed by atoms with Crippen molar-refractivity contribution in [1.82, 2.24) is 10.2 Å². The number of likely N-dealkylation sites (tertiary alicyclic amines) is 1. The van der Waals surface area contributed by atoms with Crippen molar-refractivity contribution in [1.29, 1.82) is 0 Å². The van der Waals surface area contributed by atoms with Crippen molar-refractivity contribution in [2.75, 3.05) is 26.2 Å². The SMILES string of the molecule is CC(C)(C)NCC1CCCCN1CCCCO. The van der Waals surface area contributed by atoms with Crippen molar-refractivity contribution < 1.29 is 5.11 Å². The maximum absolute atomic E-state index is 8.84. The maximum Gasteiger partial charge on any atom is 0.0431 e. The molecule has 0 aromatic rings. The average Bonchev–Trinajstić information content (AvgIpc) is 2.27. The zero-order valence-corrected chi connectivity index (χ0v) is 11.8. The smallest absolute Gasteiger partial charge is 0.0431 e. The molecule has 1 heterocycles. The zero-order chi connectivity index (χ0) is 12.7. The van der Waals surface area contributed by atoms with E-state index in [9.17, 15) is 0 Å². The Labute approximate surface area is 107 Å². The fourth-order valence-corrected chi connectivity index (χ4v) is 2.44. The minimum absolute atomic E-state index is 0.216. The maximum atomic E-state index is 8.84. The number of nitrogens with zero attached hydrogens (tertiary/aromatic N) is 1. The van der Waals surface area contributed by atoms with Gasteiger partial charge in [0.15, 0.2) is 0 Å². The molecule has 17 heavy (non-hydrogen) atoms. The van der Waals surface area contributed by atoms with Gasteiger partial charge >= 0.3 is 0 Å². The van der Waals surface area contributed by atoms with E-state index in [2.05, 4.69) is 31.0 Å². The molecule has 0 radical (unpaired) electrons. The Morgan fingerprint density at radius 3 is 2.65 bits per heavy atom. The van der Waals surface area contributed by atoms with Crippen molar-refractivity contribution in [2.45, 2.75) is 64.5 Å². The highest BCUT2D eigenvalue weighted by Gasteiger charge is 2.23. The van der Waals surface area contributed by atoms with E-state index in [4.69, 9.17) is 5.11 Å². The molecule has 1 atom stereocenters. The van der Waals surface area contributed by atoms with Gasteiger partial charge in [0.1, 0.15) is 0 Å². The third kappa shape index (κ3) is 6.39. The summed E-state index contributed by atoms with van der Waals surface area (Å²) in [6, 6.07) is 0.696. The van der Waals surface area contributed by atoms with Gasteiger partial charge in [0.25, 0.3) is 0 Å². The first kappa shape index (κ1) is 14.9. The van der Waals surface area contributed by atoms with Crippen LogP contribution in [0, 0.1) is 0 Å².